The average molecular weight is 304 g/mol. The number of hydrogen-bond donors (Lipinski definition) is 2. The van der Waals surface area contributed by atoms with E-state index in [1.807, 2.05) is 60.1 Å². The Balaban J connectivity index is 1.51. The Kier molecular flexibility index (Phi) is 3.12. The molecule has 3 aromatic heterocycles. The van der Waals surface area contributed by atoms with E-state index in [0.29, 0.717) is 0 Å². The normalized spacial score (nSPS) is 11.2. The first-order valence-corrected chi connectivity index (χ1v) is 7.49. The third kappa shape index (κ3) is 2.68. The van der Waals surface area contributed by atoms with E-state index in [-0.39, 0.29) is 12.3 Å². The number of nitrogens with zero attached hydrogens (tertiary/aromatic N) is 2. The summed E-state index contributed by atoms with van der Waals surface area (Å²) in [5.74, 6) is -0.0694. The predicted molar refractivity (Wildman–Crippen MR) is 90.6 cm³/mol. The summed E-state index contributed by atoms with van der Waals surface area (Å²) in [4.78, 5) is 19.9. The maximum absolute atomic E-state index is 12.2. The molecule has 4 aromatic rings. The molecule has 0 spiro atoms. The Labute approximate surface area is 133 Å². The maximum atomic E-state index is 12.2. The van der Waals surface area contributed by atoms with Gasteiger partial charge in [-0.1, -0.05) is 6.07 Å². The van der Waals surface area contributed by atoms with E-state index in [2.05, 4.69) is 21.4 Å². The van der Waals surface area contributed by atoms with Crippen molar-refractivity contribution in [3.05, 3.63) is 66.2 Å². The van der Waals surface area contributed by atoms with Crippen LogP contribution in [0.25, 0.3) is 16.6 Å². The molecule has 1 aromatic carbocycles. The van der Waals surface area contributed by atoms with Gasteiger partial charge in [-0.3, -0.25) is 4.79 Å². The number of carbonyl (C=O) groups is 1. The molecule has 0 bridgehead atoms. The van der Waals surface area contributed by atoms with Gasteiger partial charge in [-0.2, -0.15) is 0 Å². The molecule has 0 radical (unpaired) electrons. The highest BCUT2D eigenvalue weighted by Crippen LogP contribution is 2.20. The molecular formula is C18H16N4O. The van der Waals surface area contributed by atoms with Gasteiger partial charge >= 0.3 is 0 Å². The topological polar surface area (TPSA) is 62.2 Å². The molecule has 5 heteroatoms. The summed E-state index contributed by atoms with van der Waals surface area (Å²) in [6.45, 7) is 2.02. The average Bonchev–Trinajstić information content (AvgIpc) is 3.07. The number of fused-ring (bicyclic) bond motifs is 2. The smallest absolute Gasteiger partial charge is 0.230 e. The number of hydrogen-bond acceptors (Lipinski definition) is 2. The van der Waals surface area contributed by atoms with Crippen LogP contribution in [0.15, 0.2) is 54.9 Å². The van der Waals surface area contributed by atoms with E-state index >= 15 is 0 Å². The van der Waals surface area contributed by atoms with Crippen molar-refractivity contribution in [2.24, 2.45) is 0 Å². The number of benzene rings is 1. The molecule has 0 unspecified atom stereocenters. The van der Waals surface area contributed by atoms with Crippen LogP contribution in [0.4, 0.5) is 5.69 Å². The zero-order valence-electron chi connectivity index (χ0n) is 12.7. The lowest BCUT2D eigenvalue weighted by Gasteiger charge is -2.04. The van der Waals surface area contributed by atoms with Gasteiger partial charge in [-0.05, 0) is 43.3 Å². The highest BCUT2D eigenvalue weighted by atomic mass is 16.1. The van der Waals surface area contributed by atoms with Gasteiger partial charge in [0.15, 0.2) is 0 Å². The summed E-state index contributed by atoms with van der Waals surface area (Å²) in [5, 5.41) is 4.02. The number of nitrogens with one attached hydrogen (secondary N) is 2. The van der Waals surface area contributed by atoms with Gasteiger partial charge in [0, 0.05) is 34.7 Å². The van der Waals surface area contributed by atoms with Crippen LogP contribution in [-0.2, 0) is 11.2 Å². The van der Waals surface area contributed by atoms with E-state index in [0.717, 1.165) is 33.6 Å². The molecule has 2 N–H and O–H groups in total. The quantitative estimate of drug-likeness (QED) is 0.610. The molecule has 0 aliphatic carbocycles. The van der Waals surface area contributed by atoms with Crippen molar-refractivity contribution in [1.29, 1.82) is 0 Å². The van der Waals surface area contributed by atoms with Gasteiger partial charge in [0.2, 0.25) is 5.91 Å². The number of aromatic amines is 1. The number of amides is 1. The monoisotopic (exact) mass is 304 g/mol. The van der Waals surface area contributed by atoms with Crippen molar-refractivity contribution in [3.8, 4) is 0 Å². The Morgan fingerprint density at radius 1 is 1.26 bits per heavy atom. The molecule has 4 rings (SSSR count). The SMILES string of the molecule is Cc1cc2cc(NC(=O)Cc3cn4ccccc4n3)ccc2[nH]1. The van der Waals surface area contributed by atoms with Crippen LogP contribution in [0, 0.1) is 6.92 Å². The first-order chi connectivity index (χ1) is 11.2. The second-order valence-corrected chi connectivity index (χ2v) is 5.68. The van der Waals surface area contributed by atoms with Gasteiger partial charge in [0.05, 0.1) is 12.1 Å². The molecule has 0 fully saturated rings. The molecule has 0 saturated heterocycles. The van der Waals surface area contributed by atoms with Gasteiger partial charge in [0.25, 0.3) is 0 Å². The molecule has 0 aliphatic rings. The van der Waals surface area contributed by atoms with E-state index in [4.69, 9.17) is 0 Å². The summed E-state index contributed by atoms with van der Waals surface area (Å²) < 4.78 is 1.91. The Morgan fingerprint density at radius 3 is 3.04 bits per heavy atom. The van der Waals surface area contributed by atoms with Crippen molar-refractivity contribution in [2.45, 2.75) is 13.3 Å². The van der Waals surface area contributed by atoms with Gasteiger partial charge in [-0.25, -0.2) is 4.98 Å². The van der Waals surface area contributed by atoms with Crippen LogP contribution in [0.3, 0.4) is 0 Å². The van der Waals surface area contributed by atoms with Crippen LogP contribution < -0.4 is 5.32 Å². The third-order valence-corrected chi connectivity index (χ3v) is 3.79. The molecule has 23 heavy (non-hydrogen) atoms. The highest BCUT2D eigenvalue weighted by Gasteiger charge is 2.08. The van der Waals surface area contributed by atoms with Gasteiger partial charge < -0.3 is 14.7 Å². The summed E-state index contributed by atoms with van der Waals surface area (Å²) >= 11 is 0. The zero-order valence-corrected chi connectivity index (χ0v) is 12.7. The minimum Gasteiger partial charge on any atom is -0.359 e. The first kappa shape index (κ1) is 13.6. The third-order valence-electron chi connectivity index (χ3n) is 3.79. The number of aryl methyl sites for hydroxylation is 1. The molecule has 3 heterocycles. The minimum absolute atomic E-state index is 0.0694. The lowest BCUT2D eigenvalue weighted by Crippen LogP contribution is -2.14. The van der Waals surface area contributed by atoms with Crippen molar-refractivity contribution in [1.82, 2.24) is 14.4 Å². The van der Waals surface area contributed by atoms with Crippen molar-refractivity contribution in [3.63, 3.8) is 0 Å². The van der Waals surface area contributed by atoms with E-state index < -0.39 is 0 Å². The lowest BCUT2D eigenvalue weighted by molar-refractivity contribution is -0.115. The summed E-state index contributed by atoms with van der Waals surface area (Å²) in [5.41, 5.74) is 4.58. The second kappa shape index (κ2) is 5.28. The largest absolute Gasteiger partial charge is 0.359 e. The van der Waals surface area contributed by atoms with E-state index in [1.165, 1.54) is 0 Å². The molecule has 0 atom stereocenters. The Hall–Kier alpha value is -3.08. The summed E-state index contributed by atoms with van der Waals surface area (Å²) in [7, 11) is 0. The Morgan fingerprint density at radius 2 is 2.17 bits per heavy atom. The van der Waals surface area contributed by atoms with Gasteiger partial charge in [-0.15, -0.1) is 0 Å². The maximum Gasteiger partial charge on any atom is 0.230 e. The molecular weight excluding hydrogens is 288 g/mol. The van der Waals surface area contributed by atoms with Crippen LogP contribution in [0.2, 0.25) is 0 Å². The fourth-order valence-electron chi connectivity index (χ4n) is 2.80. The standard InChI is InChI=1S/C18H16N4O/c1-12-8-13-9-14(5-6-16(13)19-12)21-18(23)10-15-11-22-7-3-2-4-17(22)20-15/h2-9,11,19H,10H2,1H3,(H,21,23). The fourth-order valence-corrected chi connectivity index (χ4v) is 2.80. The summed E-state index contributed by atoms with van der Waals surface area (Å²) in [6, 6.07) is 13.7. The molecule has 0 saturated carbocycles. The van der Waals surface area contributed by atoms with E-state index in [9.17, 15) is 4.79 Å². The number of imidazole rings is 1. The van der Waals surface area contributed by atoms with Crippen LogP contribution in [0.5, 0.6) is 0 Å². The second-order valence-electron chi connectivity index (χ2n) is 5.68. The molecule has 1 amide bonds. The number of aromatic nitrogens is 3. The number of carbonyl (C=O) groups excluding carboxylic acids is 1. The zero-order chi connectivity index (χ0) is 15.8. The Bertz CT molecular complexity index is 979. The minimum atomic E-state index is -0.0694. The molecule has 114 valence electrons. The highest BCUT2D eigenvalue weighted by molar-refractivity contribution is 5.94. The van der Waals surface area contributed by atoms with Crippen molar-refractivity contribution >= 4 is 28.1 Å². The number of rotatable bonds is 3. The summed E-state index contributed by atoms with van der Waals surface area (Å²) in [6.07, 6.45) is 4.06. The number of pyridine rings is 1. The molecule has 0 aliphatic heterocycles. The lowest BCUT2D eigenvalue weighted by atomic mass is 10.2. The first-order valence-electron chi connectivity index (χ1n) is 7.49. The van der Waals surface area contributed by atoms with Gasteiger partial charge in [0.1, 0.15) is 5.65 Å². The predicted octanol–water partition coefficient (Wildman–Crippen LogP) is 3.31. The van der Waals surface area contributed by atoms with Crippen molar-refractivity contribution < 1.29 is 4.79 Å². The van der Waals surface area contributed by atoms with Crippen molar-refractivity contribution in [2.75, 3.05) is 5.32 Å². The van der Waals surface area contributed by atoms with E-state index in [1.54, 1.807) is 0 Å². The van der Waals surface area contributed by atoms with Crippen LogP contribution >= 0.6 is 0 Å². The van der Waals surface area contributed by atoms with Crippen LogP contribution in [-0.4, -0.2) is 20.3 Å². The number of anilines is 1. The number of H-pyrrole nitrogens is 1. The fraction of sp³-hybridized carbons (Fsp3) is 0.111. The van der Waals surface area contributed by atoms with Crippen LogP contribution in [0.1, 0.15) is 11.4 Å². The molecule has 5 nitrogen and oxygen atoms in total.